The molecule has 2 aromatic carbocycles. The van der Waals surface area contributed by atoms with Gasteiger partial charge in [-0.1, -0.05) is 18.2 Å². The highest BCUT2D eigenvalue weighted by molar-refractivity contribution is 6.02. The maximum Gasteiger partial charge on any atom is 0.338 e. The minimum Gasteiger partial charge on any atom is -0.465 e. The van der Waals surface area contributed by atoms with Gasteiger partial charge in [0.2, 0.25) is 11.5 Å². The first kappa shape index (κ1) is 18.4. The van der Waals surface area contributed by atoms with Crippen LogP contribution in [-0.2, 0) is 16.1 Å². The second-order valence-electron chi connectivity index (χ2n) is 6.47. The van der Waals surface area contributed by atoms with Crippen LogP contribution in [0.25, 0.3) is 22.1 Å². The van der Waals surface area contributed by atoms with E-state index in [0.717, 1.165) is 5.39 Å². The van der Waals surface area contributed by atoms with Crippen molar-refractivity contribution in [2.45, 2.75) is 13.5 Å². The summed E-state index contributed by atoms with van der Waals surface area (Å²) in [6, 6.07) is 12.1. The van der Waals surface area contributed by atoms with Crippen LogP contribution in [0.5, 0.6) is 0 Å². The van der Waals surface area contributed by atoms with Gasteiger partial charge in [-0.25, -0.2) is 9.78 Å². The van der Waals surface area contributed by atoms with Gasteiger partial charge in [0.05, 0.1) is 19.0 Å². The average molecular weight is 391 g/mol. The van der Waals surface area contributed by atoms with Crippen LogP contribution in [0.1, 0.15) is 15.9 Å². The Labute approximate surface area is 164 Å². The summed E-state index contributed by atoms with van der Waals surface area (Å²) in [6.07, 6.45) is 1.32. The van der Waals surface area contributed by atoms with Crippen LogP contribution in [0.2, 0.25) is 0 Å². The molecule has 4 rings (SSSR count). The lowest BCUT2D eigenvalue weighted by molar-refractivity contribution is -0.116. The van der Waals surface area contributed by atoms with Gasteiger partial charge in [-0.15, -0.1) is 0 Å². The van der Waals surface area contributed by atoms with E-state index in [-0.39, 0.29) is 12.1 Å². The number of para-hydroxylation sites is 1. The molecule has 0 saturated carbocycles. The number of hydrogen-bond acceptors (Lipinski definition) is 6. The Morgan fingerprint density at radius 2 is 1.97 bits per heavy atom. The third-order valence-corrected chi connectivity index (χ3v) is 4.68. The van der Waals surface area contributed by atoms with Gasteiger partial charge in [-0.2, -0.15) is 0 Å². The lowest BCUT2D eigenvalue weighted by Crippen LogP contribution is -2.28. The molecular weight excluding hydrogens is 374 g/mol. The number of rotatable bonds is 4. The molecule has 4 aromatic rings. The molecule has 1 amide bonds. The second kappa shape index (κ2) is 7.23. The van der Waals surface area contributed by atoms with Crippen molar-refractivity contribution in [3.8, 4) is 0 Å². The first-order valence-electron chi connectivity index (χ1n) is 8.84. The Bertz CT molecular complexity index is 1320. The summed E-state index contributed by atoms with van der Waals surface area (Å²) in [5.74, 6) is -0.927. The molecule has 146 valence electrons. The molecule has 1 N–H and O–H groups in total. The predicted octanol–water partition coefficient (Wildman–Crippen LogP) is 2.88. The Kier molecular flexibility index (Phi) is 4.59. The molecular formula is C21H17N3O5. The number of carbonyl (C=O) groups excluding carboxylic acids is 2. The fraction of sp³-hybridized carbons (Fsp3) is 0.143. The molecule has 0 aliphatic rings. The molecule has 0 atom stereocenters. The molecule has 0 bridgehead atoms. The summed E-state index contributed by atoms with van der Waals surface area (Å²) >= 11 is 0. The Morgan fingerprint density at radius 3 is 2.76 bits per heavy atom. The average Bonchev–Trinajstić information content (AvgIpc) is 3.10. The smallest absolute Gasteiger partial charge is 0.338 e. The number of hydrogen-bond donors (Lipinski definition) is 1. The minimum atomic E-state index is -0.491. The van der Waals surface area contributed by atoms with Crippen molar-refractivity contribution in [3.05, 3.63) is 70.3 Å². The number of fused-ring (bicyclic) bond motifs is 3. The topological polar surface area (TPSA) is 103 Å². The second-order valence-corrected chi connectivity index (χ2v) is 6.47. The Morgan fingerprint density at radius 1 is 1.17 bits per heavy atom. The van der Waals surface area contributed by atoms with Crippen molar-refractivity contribution in [2.24, 2.45) is 0 Å². The molecule has 0 unspecified atom stereocenters. The van der Waals surface area contributed by atoms with E-state index in [1.165, 1.54) is 18.0 Å². The standard InChI is InChI=1S/C21H17N3O5/c1-12-13(21(27)28-2)7-5-8-15(12)23-17(25)10-24-11-22-18-14-6-3-4-9-16(14)29-19(18)20(24)26/h3-9,11H,10H2,1-2H3,(H,23,25). The van der Waals surface area contributed by atoms with E-state index >= 15 is 0 Å². The third-order valence-electron chi connectivity index (χ3n) is 4.68. The van der Waals surface area contributed by atoms with Crippen LogP contribution in [0.4, 0.5) is 5.69 Å². The number of ether oxygens (including phenoxy) is 1. The molecule has 0 aliphatic heterocycles. The first-order valence-corrected chi connectivity index (χ1v) is 8.84. The fourth-order valence-electron chi connectivity index (χ4n) is 3.17. The number of nitrogens with zero attached hydrogens (tertiary/aromatic N) is 2. The summed E-state index contributed by atoms with van der Waals surface area (Å²) in [5, 5.41) is 3.46. The van der Waals surface area contributed by atoms with Gasteiger partial charge < -0.3 is 14.5 Å². The van der Waals surface area contributed by atoms with Gasteiger partial charge >= 0.3 is 5.97 Å². The number of furan rings is 1. The van der Waals surface area contributed by atoms with Crippen LogP contribution in [-0.4, -0.2) is 28.5 Å². The van der Waals surface area contributed by atoms with Gasteiger partial charge in [0.25, 0.3) is 5.56 Å². The zero-order valence-electron chi connectivity index (χ0n) is 15.8. The number of aromatic nitrogens is 2. The van der Waals surface area contributed by atoms with Crippen molar-refractivity contribution in [1.29, 1.82) is 0 Å². The first-order chi connectivity index (χ1) is 14.0. The van der Waals surface area contributed by atoms with Crippen molar-refractivity contribution >= 4 is 39.6 Å². The highest BCUT2D eigenvalue weighted by atomic mass is 16.5. The summed E-state index contributed by atoms with van der Waals surface area (Å²) < 4.78 is 11.5. The number of benzene rings is 2. The highest BCUT2D eigenvalue weighted by Gasteiger charge is 2.16. The summed E-state index contributed by atoms with van der Waals surface area (Å²) in [6.45, 7) is 1.46. The normalized spacial score (nSPS) is 11.0. The van der Waals surface area contributed by atoms with E-state index in [1.54, 1.807) is 31.2 Å². The predicted molar refractivity (Wildman–Crippen MR) is 107 cm³/mol. The Hall–Kier alpha value is -3.94. The fourth-order valence-corrected chi connectivity index (χ4v) is 3.17. The molecule has 0 spiro atoms. The summed E-state index contributed by atoms with van der Waals surface area (Å²) in [4.78, 5) is 41.3. The van der Waals surface area contributed by atoms with Gasteiger partial charge in [0.15, 0.2) is 0 Å². The van der Waals surface area contributed by atoms with E-state index < -0.39 is 17.4 Å². The lowest BCUT2D eigenvalue weighted by Gasteiger charge is -2.12. The number of esters is 1. The maximum absolute atomic E-state index is 12.7. The molecule has 2 heterocycles. The maximum atomic E-state index is 12.7. The van der Waals surface area contributed by atoms with E-state index in [4.69, 9.17) is 9.15 Å². The molecule has 0 fully saturated rings. The number of anilines is 1. The molecule has 29 heavy (non-hydrogen) atoms. The van der Waals surface area contributed by atoms with Gasteiger partial charge in [0.1, 0.15) is 17.6 Å². The van der Waals surface area contributed by atoms with Crippen LogP contribution < -0.4 is 10.9 Å². The largest absolute Gasteiger partial charge is 0.465 e. The molecule has 0 aliphatic carbocycles. The molecule has 8 nitrogen and oxygen atoms in total. The zero-order valence-corrected chi connectivity index (χ0v) is 15.8. The monoisotopic (exact) mass is 391 g/mol. The number of amides is 1. The van der Waals surface area contributed by atoms with Gasteiger partial charge in [-0.3, -0.25) is 14.2 Å². The van der Waals surface area contributed by atoms with Crippen LogP contribution in [0, 0.1) is 6.92 Å². The quantitative estimate of drug-likeness (QED) is 0.537. The van der Waals surface area contributed by atoms with E-state index in [9.17, 15) is 14.4 Å². The van der Waals surface area contributed by atoms with Crippen molar-refractivity contribution < 1.29 is 18.7 Å². The summed E-state index contributed by atoms with van der Waals surface area (Å²) in [7, 11) is 1.29. The van der Waals surface area contributed by atoms with E-state index in [1.807, 2.05) is 18.2 Å². The molecule has 0 radical (unpaired) electrons. The van der Waals surface area contributed by atoms with Gasteiger partial charge in [-0.05, 0) is 36.8 Å². The number of carbonyl (C=O) groups is 2. The molecule has 2 aromatic heterocycles. The molecule has 8 heteroatoms. The zero-order chi connectivity index (χ0) is 20.5. The van der Waals surface area contributed by atoms with Crippen molar-refractivity contribution in [2.75, 3.05) is 12.4 Å². The minimum absolute atomic E-state index is 0.102. The lowest BCUT2D eigenvalue weighted by atomic mass is 10.1. The highest BCUT2D eigenvalue weighted by Crippen LogP contribution is 2.24. The van der Waals surface area contributed by atoms with Crippen molar-refractivity contribution in [1.82, 2.24) is 9.55 Å². The van der Waals surface area contributed by atoms with Gasteiger partial charge in [0, 0.05) is 11.1 Å². The summed E-state index contributed by atoms with van der Waals surface area (Å²) in [5.41, 5.74) is 2.07. The SMILES string of the molecule is COC(=O)c1cccc(NC(=O)Cn2cnc3c(oc4ccccc43)c2=O)c1C. The van der Waals surface area contributed by atoms with Crippen LogP contribution in [0.3, 0.4) is 0 Å². The van der Waals surface area contributed by atoms with Crippen molar-refractivity contribution in [3.63, 3.8) is 0 Å². The van der Waals surface area contributed by atoms with E-state index in [2.05, 4.69) is 10.3 Å². The van der Waals surface area contributed by atoms with E-state index in [0.29, 0.717) is 27.9 Å². The Balaban J connectivity index is 1.62. The van der Waals surface area contributed by atoms with Crippen LogP contribution >= 0.6 is 0 Å². The molecule has 0 saturated heterocycles. The van der Waals surface area contributed by atoms with Crippen LogP contribution in [0.15, 0.2) is 58.0 Å². The number of methoxy groups -OCH3 is 1. The third kappa shape index (κ3) is 3.25. The number of nitrogens with one attached hydrogen (secondary N) is 1.